The van der Waals surface area contributed by atoms with E-state index in [1.807, 2.05) is 0 Å². The van der Waals surface area contributed by atoms with Crippen LogP contribution in [0.2, 0.25) is 0 Å². The minimum atomic E-state index is -1.45. The summed E-state index contributed by atoms with van der Waals surface area (Å²) >= 11 is 0. The molecule has 0 saturated carbocycles. The average Bonchev–Trinajstić information content (AvgIpc) is 3.74. The summed E-state index contributed by atoms with van der Waals surface area (Å²) in [5, 5.41) is 43.3. The normalized spacial score (nSPS) is 14.8. The highest BCUT2D eigenvalue weighted by Gasteiger charge is 2.34. The predicted molar refractivity (Wildman–Crippen MR) is 219 cm³/mol. The van der Waals surface area contributed by atoms with E-state index >= 15 is 0 Å². The number of hydrogen-bond donors (Lipinski definition) is 13. The van der Waals surface area contributed by atoms with Gasteiger partial charge in [0, 0.05) is 37.7 Å². The summed E-state index contributed by atoms with van der Waals surface area (Å²) in [5.74, 6) is -8.52. The van der Waals surface area contributed by atoms with Gasteiger partial charge in [0.05, 0.1) is 12.9 Å². The molecule has 0 saturated heterocycles. The zero-order valence-corrected chi connectivity index (χ0v) is 34.3. The molecule has 2 rings (SSSR count). The van der Waals surface area contributed by atoms with Gasteiger partial charge in [0.1, 0.15) is 42.3 Å². The topological polar surface area (TPSA) is 389 Å². The number of imidazole rings is 1. The van der Waals surface area contributed by atoms with Crippen molar-refractivity contribution in [2.24, 2.45) is 28.1 Å². The quantitative estimate of drug-likeness (QED) is 0.0235. The molecule has 2 aromatic rings. The number of nitrogens with two attached hydrogens (primary N) is 3. The number of aliphatic hydroxyl groups is 1. The van der Waals surface area contributed by atoms with Crippen molar-refractivity contribution in [3.8, 4) is 0 Å². The van der Waals surface area contributed by atoms with E-state index in [1.165, 1.54) is 19.4 Å². The van der Waals surface area contributed by atoms with E-state index in [-0.39, 0.29) is 44.6 Å². The van der Waals surface area contributed by atoms with Crippen molar-refractivity contribution in [3.05, 3.63) is 54.1 Å². The van der Waals surface area contributed by atoms with Gasteiger partial charge in [-0.3, -0.25) is 38.6 Å². The minimum absolute atomic E-state index is 0.0407. The highest BCUT2D eigenvalue weighted by molar-refractivity contribution is 5.97. The summed E-state index contributed by atoms with van der Waals surface area (Å²) < 4.78 is 0. The molecule has 1 aromatic carbocycles. The number of rotatable bonds is 27. The van der Waals surface area contributed by atoms with E-state index in [2.05, 4.69) is 46.9 Å². The SMILES string of the molecule is CC[C@H](C)[C@H](NC(=O)[C@H](CCC(=O)O)NC(=O)[C@@H](N)CO)C(=O)N[C@@H](C)C(=O)N[C@@H](Cc1cnc[nH]1)C(=O)N[C@@H](CCCN=C(N)N)C(=O)N[C@@H](Cc1ccccc1)C(=O)O. The van der Waals surface area contributed by atoms with E-state index in [0.29, 0.717) is 17.7 Å². The minimum Gasteiger partial charge on any atom is -0.481 e. The standard InChI is InChI=1S/C38H58N12O11/c1-4-20(2)30(50-34(57)26(12-13-29(52)53)46-32(55)24(39)18-51)36(59)45-21(3)31(54)48-27(16-23-17-42-19-44-23)35(58)47-25(11-8-14-43-38(40)41)33(56)49-28(37(60)61)15-22-9-6-5-7-10-22/h5-7,9-10,17,19-21,24-28,30,51H,4,8,11-16,18,39H2,1-3H3,(H,42,44)(H,45,59)(H,46,55)(H,47,58)(H,48,54)(H,49,56)(H,50,57)(H,52,53)(H,60,61)(H4,40,41,43)/t20-,21-,24-,25-,26-,27-,28-,30-/m0/s1. The maximum atomic E-state index is 13.9. The number of aliphatic hydroxyl groups excluding tert-OH is 1. The molecule has 0 spiro atoms. The molecule has 8 atom stereocenters. The Bertz CT molecular complexity index is 1810. The Balaban J connectivity index is 2.30. The smallest absolute Gasteiger partial charge is 0.326 e. The lowest BCUT2D eigenvalue weighted by molar-refractivity contribution is -0.142. The fourth-order valence-electron chi connectivity index (χ4n) is 5.71. The number of carbonyl (C=O) groups excluding carboxylic acids is 6. The molecular formula is C38H58N12O11. The first-order chi connectivity index (χ1) is 28.9. The number of amides is 6. The first kappa shape index (κ1) is 50.5. The predicted octanol–water partition coefficient (Wildman–Crippen LogP) is -3.51. The van der Waals surface area contributed by atoms with Gasteiger partial charge in [-0.2, -0.15) is 0 Å². The van der Waals surface area contributed by atoms with Gasteiger partial charge in [0.25, 0.3) is 0 Å². The first-order valence-electron chi connectivity index (χ1n) is 19.6. The Labute approximate surface area is 351 Å². The summed E-state index contributed by atoms with van der Waals surface area (Å²) in [4.78, 5) is 115. The first-order valence-corrected chi connectivity index (χ1v) is 19.6. The van der Waals surface area contributed by atoms with Gasteiger partial charge >= 0.3 is 11.9 Å². The molecule has 336 valence electrons. The third kappa shape index (κ3) is 18.0. The largest absolute Gasteiger partial charge is 0.481 e. The van der Waals surface area contributed by atoms with E-state index < -0.39 is 109 Å². The molecule has 0 aliphatic heterocycles. The second kappa shape index (κ2) is 25.8. The van der Waals surface area contributed by atoms with Crippen molar-refractivity contribution in [1.82, 2.24) is 41.9 Å². The Morgan fingerprint density at radius 1 is 0.754 bits per heavy atom. The summed E-state index contributed by atoms with van der Waals surface area (Å²) in [7, 11) is 0. The summed E-state index contributed by atoms with van der Waals surface area (Å²) in [6.07, 6.45) is 2.13. The van der Waals surface area contributed by atoms with Crippen LogP contribution in [0, 0.1) is 5.92 Å². The zero-order valence-electron chi connectivity index (χ0n) is 34.3. The number of H-pyrrole nitrogens is 1. The average molecular weight is 859 g/mol. The summed E-state index contributed by atoms with van der Waals surface area (Å²) in [6.45, 7) is 4.01. The highest BCUT2D eigenvalue weighted by Crippen LogP contribution is 2.11. The van der Waals surface area contributed by atoms with Gasteiger partial charge in [-0.1, -0.05) is 50.6 Å². The van der Waals surface area contributed by atoms with Crippen molar-refractivity contribution in [3.63, 3.8) is 0 Å². The van der Waals surface area contributed by atoms with Crippen LogP contribution in [0.15, 0.2) is 47.8 Å². The molecule has 1 aromatic heterocycles. The van der Waals surface area contributed by atoms with Gasteiger partial charge in [0.15, 0.2) is 5.96 Å². The van der Waals surface area contributed by atoms with E-state index in [1.54, 1.807) is 44.2 Å². The maximum absolute atomic E-state index is 13.9. The molecule has 0 aliphatic rings. The third-order valence-electron chi connectivity index (χ3n) is 9.45. The molecule has 0 unspecified atom stereocenters. The van der Waals surface area contributed by atoms with Gasteiger partial charge < -0.3 is 69.4 Å². The van der Waals surface area contributed by atoms with E-state index in [0.717, 1.165) is 0 Å². The lowest BCUT2D eigenvalue weighted by atomic mass is 9.97. The number of aliphatic imine (C=N–C) groups is 1. The zero-order chi connectivity index (χ0) is 45.6. The molecule has 0 bridgehead atoms. The molecule has 16 N–H and O–H groups in total. The van der Waals surface area contributed by atoms with Crippen LogP contribution in [-0.4, -0.2) is 134 Å². The van der Waals surface area contributed by atoms with Gasteiger partial charge in [-0.05, 0) is 37.7 Å². The Morgan fingerprint density at radius 3 is 1.92 bits per heavy atom. The summed E-state index contributed by atoms with van der Waals surface area (Å²) in [6, 6.07) is -0.940. The van der Waals surface area contributed by atoms with Crippen LogP contribution in [0.1, 0.15) is 64.1 Å². The van der Waals surface area contributed by atoms with Crippen molar-refractivity contribution < 1.29 is 53.7 Å². The molecule has 0 fully saturated rings. The molecule has 23 heteroatoms. The third-order valence-corrected chi connectivity index (χ3v) is 9.45. The number of carboxylic acid groups (broad SMARTS) is 2. The molecule has 0 radical (unpaired) electrons. The van der Waals surface area contributed by atoms with E-state index in [9.17, 15) is 53.7 Å². The Kier molecular flexibility index (Phi) is 21.3. The van der Waals surface area contributed by atoms with Crippen LogP contribution in [-0.2, 0) is 51.2 Å². The molecule has 0 aliphatic carbocycles. The lowest BCUT2D eigenvalue weighted by Crippen LogP contribution is -2.60. The number of carboxylic acids is 2. The number of nitrogens with one attached hydrogen (secondary N) is 7. The Morgan fingerprint density at radius 2 is 1.34 bits per heavy atom. The fourth-order valence-corrected chi connectivity index (χ4v) is 5.71. The molecule has 23 nitrogen and oxygen atoms in total. The van der Waals surface area contributed by atoms with Crippen molar-refractivity contribution in [2.45, 2.75) is 108 Å². The van der Waals surface area contributed by atoms with Crippen LogP contribution >= 0.6 is 0 Å². The second-order valence-electron chi connectivity index (χ2n) is 14.3. The van der Waals surface area contributed by atoms with Crippen LogP contribution in [0.3, 0.4) is 0 Å². The number of guanidine groups is 1. The lowest BCUT2D eigenvalue weighted by Gasteiger charge is -2.28. The number of benzene rings is 1. The number of aromatic nitrogens is 2. The fraction of sp³-hybridized carbons (Fsp3) is 0.526. The molecule has 6 amide bonds. The van der Waals surface area contributed by atoms with Gasteiger partial charge in [-0.25, -0.2) is 9.78 Å². The highest BCUT2D eigenvalue weighted by atomic mass is 16.4. The molecule has 1 heterocycles. The second-order valence-corrected chi connectivity index (χ2v) is 14.3. The number of nitrogens with zero attached hydrogens (tertiary/aromatic N) is 2. The van der Waals surface area contributed by atoms with Crippen molar-refractivity contribution >= 4 is 53.3 Å². The number of aliphatic carboxylic acids is 2. The monoisotopic (exact) mass is 858 g/mol. The van der Waals surface area contributed by atoms with E-state index in [4.69, 9.17) is 17.2 Å². The van der Waals surface area contributed by atoms with Crippen LogP contribution in [0.25, 0.3) is 0 Å². The number of hydrogen-bond acceptors (Lipinski definition) is 12. The van der Waals surface area contributed by atoms with Gasteiger partial charge in [0.2, 0.25) is 35.4 Å². The van der Waals surface area contributed by atoms with Crippen LogP contribution in [0.4, 0.5) is 0 Å². The van der Waals surface area contributed by atoms with Gasteiger partial charge in [-0.15, -0.1) is 0 Å². The maximum Gasteiger partial charge on any atom is 0.326 e. The number of carbonyl (C=O) groups is 8. The van der Waals surface area contributed by atoms with Crippen molar-refractivity contribution in [1.29, 1.82) is 0 Å². The van der Waals surface area contributed by atoms with Crippen LogP contribution in [0.5, 0.6) is 0 Å². The Hall–Kier alpha value is -6.62. The molecule has 61 heavy (non-hydrogen) atoms. The van der Waals surface area contributed by atoms with Crippen LogP contribution < -0.4 is 49.1 Å². The number of aromatic amines is 1. The van der Waals surface area contributed by atoms with Crippen molar-refractivity contribution in [2.75, 3.05) is 13.2 Å². The summed E-state index contributed by atoms with van der Waals surface area (Å²) in [5.41, 5.74) is 17.4. The molecular weight excluding hydrogens is 800 g/mol.